The van der Waals surface area contributed by atoms with E-state index in [4.69, 9.17) is 4.74 Å². The molecule has 3 aliphatic rings. The van der Waals surface area contributed by atoms with Crippen molar-refractivity contribution < 1.29 is 13.9 Å². The van der Waals surface area contributed by atoms with Crippen LogP contribution in [0.3, 0.4) is 0 Å². The van der Waals surface area contributed by atoms with E-state index in [-0.39, 0.29) is 30.0 Å². The Bertz CT molecular complexity index is 1320. The molecular formula is C27H29FN6O2. The maximum absolute atomic E-state index is 15.2. The van der Waals surface area contributed by atoms with Gasteiger partial charge in [-0.25, -0.2) is 9.37 Å². The quantitative estimate of drug-likeness (QED) is 0.563. The van der Waals surface area contributed by atoms with Crippen LogP contribution in [0, 0.1) is 5.82 Å². The summed E-state index contributed by atoms with van der Waals surface area (Å²) in [6.45, 7) is 7.10. The second-order valence-electron chi connectivity index (χ2n) is 9.79. The Morgan fingerprint density at radius 2 is 2.08 bits per heavy atom. The predicted octanol–water partition coefficient (Wildman–Crippen LogP) is 3.83. The minimum absolute atomic E-state index is 0.00808. The number of benzene rings is 1. The van der Waals surface area contributed by atoms with Gasteiger partial charge in [0.1, 0.15) is 12.4 Å². The first-order chi connectivity index (χ1) is 17.5. The molecule has 2 aromatic heterocycles. The number of likely N-dealkylation sites (tertiary alicyclic amines) is 2. The minimum Gasteiger partial charge on any atom is -0.483 e. The highest BCUT2D eigenvalue weighted by Crippen LogP contribution is 2.41. The lowest BCUT2D eigenvalue weighted by molar-refractivity contribution is -0.127. The van der Waals surface area contributed by atoms with E-state index >= 15 is 4.39 Å². The lowest BCUT2D eigenvalue weighted by atomic mass is 9.87. The Balaban J connectivity index is 1.17. The standard InChI is InChI=1S/C27H29FN6O2/c1-3-25(35)33-8-5-20(6-9-33)34-14-19(15-34)17-10-23(28)26-24(11-17)31-27-22(16-36-26)21(4-7-29-27)18-12-30-32(2)13-18/h3-4,7,10-13,19-20H,1,5-6,8-9,14-16H2,2H3,(H,29,31). The largest absolute Gasteiger partial charge is 0.483 e. The van der Waals surface area contributed by atoms with Gasteiger partial charge in [0.15, 0.2) is 11.6 Å². The van der Waals surface area contributed by atoms with Crippen molar-refractivity contribution in [3.05, 3.63) is 66.4 Å². The fraction of sp³-hybridized carbons (Fsp3) is 0.370. The Morgan fingerprint density at radius 3 is 2.81 bits per heavy atom. The van der Waals surface area contributed by atoms with Crippen LogP contribution in [0.1, 0.15) is 29.9 Å². The van der Waals surface area contributed by atoms with Crippen LogP contribution in [0.5, 0.6) is 5.75 Å². The summed E-state index contributed by atoms with van der Waals surface area (Å²) in [7, 11) is 1.87. The molecular weight excluding hydrogens is 459 g/mol. The van der Waals surface area contributed by atoms with Crippen molar-refractivity contribution in [2.75, 3.05) is 31.5 Å². The van der Waals surface area contributed by atoms with Crippen molar-refractivity contribution in [1.82, 2.24) is 24.6 Å². The number of fused-ring (bicyclic) bond motifs is 2. The van der Waals surface area contributed by atoms with Crippen molar-refractivity contribution in [2.45, 2.75) is 31.4 Å². The van der Waals surface area contributed by atoms with Gasteiger partial charge in [-0.15, -0.1) is 0 Å². The molecule has 36 heavy (non-hydrogen) atoms. The number of nitrogens with zero attached hydrogens (tertiary/aromatic N) is 5. The molecule has 2 fully saturated rings. The van der Waals surface area contributed by atoms with Gasteiger partial charge in [-0.05, 0) is 48.2 Å². The van der Waals surface area contributed by atoms with Crippen LogP contribution in [0.25, 0.3) is 11.1 Å². The zero-order chi connectivity index (χ0) is 24.8. The van der Waals surface area contributed by atoms with Crippen LogP contribution >= 0.6 is 0 Å². The third kappa shape index (κ3) is 4.03. The number of hydrogen-bond acceptors (Lipinski definition) is 6. The number of amides is 1. The number of hydrogen-bond donors (Lipinski definition) is 1. The average molecular weight is 489 g/mol. The Hall–Kier alpha value is -3.72. The van der Waals surface area contributed by atoms with Crippen molar-refractivity contribution in [1.29, 1.82) is 0 Å². The summed E-state index contributed by atoms with van der Waals surface area (Å²) >= 11 is 0. The van der Waals surface area contributed by atoms with Gasteiger partial charge in [-0.2, -0.15) is 5.10 Å². The Kier molecular flexibility index (Phi) is 5.72. The van der Waals surface area contributed by atoms with Crippen molar-refractivity contribution in [3.8, 4) is 16.9 Å². The van der Waals surface area contributed by atoms with E-state index in [1.54, 1.807) is 23.1 Å². The van der Waals surface area contributed by atoms with Gasteiger partial charge in [-0.1, -0.05) is 6.58 Å². The second-order valence-corrected chi connectivity index (χ2v) is 9.79. The number of anilines is 2. The lowest BCUT2D eigenvalue weighted by Crippen LogP contribution is -2.54. The van der Waals surface area contributed by atoms with Crippen LogP contribution in [0.2, 0.25) is 0 Å². The zero-order valence-electron chi connectivity index (χ0n) is 20.3. The number of piperidine rings is 1. The lowest BCUT2D eigenvalue weighted by Gasteiger charge is -2.47. The summed E-state index contributed by atoms with van der Waals surface area (Å²) in [5, 5.41) is 7.61. The fourth-order valence-corrected chi connectivity index (χ4v) is 5.54. The van der Waals surface area contributed by atoms with E-state index in [1.807, 2.05) is 30.3 Å². The molecule has 6 rings (SSSR count). The summed E-state index contributed by atoms with van der Waals surface area (Å²) in [6, 6.07) is 6.00. The SMILES string of the molecule is C=CC(=O)N1CCC(N2CC(c3cc(F)c4c(c3)Nc3nccc(-c5cnn(C)c5)c3CO4)C2)CC1. The second kappa shape index (κ2) is 9.05. The summed E-state index contributed by atoms with van der Waals surface area (Å²) in [5.74, 6) is 0.804. The van der Waals surface area contributed by atoms with E-state index in [0.717, 1.165) is 61.3 Å². The number of halogens is 1. The van der Waals surface area contributed by atoms with Crippen LogP contribution in [0.4, 0.5) is 15.9 Å². The van der Waals surface area contributed by atoms with Gasteiger partial charge in [0, 0.05) is 68.7 Å². The van der Waals surface area contributed by atoms with E-state index in [1.165, 1.54) is 6.08 Å². The molecule has 2 saturated heterocycles. The molecule has 0 aliphatic carbocycles. The van der Waals surface area contributed by atoms with Crippen LogP contribution in [0.15, 0.2) is 49.4 Å². The first-order valence-corrected chi connectivity index (χ1v) is 12.4. The number of aromatic nitrogens is 3. The fourth-order valence-electron chi connectivity index (χ4n) is 5.54. The van der Waals surface area contributed by atoms with Gasteiger partial charge < -0.3 is 15.0 Å². The molecule has 0 saturated carbocycles. The molecule has 1 aromatic carbocycles. The summed E-state index contributed by atoms with van der Waals surface area (Å²) < 4.78 is 22.9. The minimum atomic E-state index is -0.361. The summed E-state index contributed by atoms with van der Waals surface area (Å²) in [4.78, 5) is 20.7. The van der Waals surface area contributed by atoms with Crippen LogP contribution in [-0.2, 0) is 18.4 Å². The molecule has 5 heterocycles. The Morgan fingerprint density at radius 1 is 1.28 bits per heavy atom. The number of rotatable bonds is 4. The molecule has 0 bridgehead atoms. The Labute approximate surface area is 209 Å². The van der Waals surface area contributed by atoms with Crippen molar-refractivity contribution in [3.63, 3.8) is 0 Å². The first kappa shape index (κ1) is 22.7. The van der Waals surface area contributed by atoms with Crippen molar-refractivity contribution in [2.24, 2.45) is 7.05 Å². The molecule has 3 aromatic rings. The smallest absolute Gasteiger partial charge is 0.245 e. The highest BCUT2D eigenvalue weighted by Gasteiger charge is 2.36. The molecule has 1 amide bonds. The van der Waals surface area contributed by atoms with Gasteiger partial charge in [0.2, 0.25) is 5.91 Å². The van der Waals surface area contributed by atoms with Crippen molar-refractivity contribution >= 4 is 17.4 Å². The average Bonchev–Trinajstić information content (AvgIpc) is 3.19. The topological polar surface area (TPSA) is 75.5 Å². The van der Waals surface area contributed by atoms with E-state index < -0.39 is 0 Å². The monoisotopic (exact) mass is 488 g/mol. The highest BCUT2D eigenvalue weighted by atomic mass is 19.1. The van der Waals surface area contributed by atoms with E-state index in [9.17, 15) is 4.79 Å². The molecule has 9 heteroatoms. The number of nitrogens with one attached hydrogen (secondary N) is 1. The molecule has 0 spiro atoms. The molecule has 0 atom stereocenters. The number of carbonyl (C=O) groups is 1. The zero-order valence-corrected chi connectivity index (χ0v) is 20.3. The predicted molar refractivity (Wildman–Crippen MR) is 135 cm³/mol. The summed E-state index contributed by atoms with van der Waals surface area (Å²) in [6.07, 6.45) is 8.80. The number of ether oxygens (including phenoxy) is 1. The molecule has 8 nitrogen and oxygen atoms in total. The molecule has 1 N–H and O–H groups in total. The van der Waals surface area contributed by atoms with E-state index in [0.29, 0.717) is 17.5 Å². The number of pyridine rings is 1. The number of aryl methyl sites for hydroxylation is 1. The summed E-state index contributed by atoms with van der Waals surface area (Å²) in [5.41, 5.74) is 4.37. The maximum Gasteiger partial charge on any atom is 0.245 e. The highest BCUT2D eigenvalue weighted by molar-refractivity contribution is 5.87. The van der Waals surface area contributed by atoms with Crippen LogP contribution in [-0.4, -0.2) is 62.7 Å². The molecule has 0 radical (unpaired) electrons. The van der Waals surface area contributed by atoms with E-state index in [2.05, 4.69) is 26.9 Å². The molecule has 186 valence electrons. The van der Waals surface area contributed by atoms with Crippen LogP contribution < -0.4 is 10.1 Å². The third-order valence-corrected chi connectivity index (χ3v) is 7.60. The van der Waals surface area contributed by atoms with Gasteiger partial charge >= 0.3 is 0 Å². The maximum atomic E-state index is 15.2. The first-order valence-electron chi connectivity index (χ1n) is 12.4. The van der Waals surface area contributed by atoms with Gasteiger partial charge in [0.25, 0.3) is 0 Å². The molecule has 0 unspecified atom stereocenters. The third-order valence-electron chi connectivity index (χ3n) is 7.60. The van der Waals surface area contributed by atoms with Gasteiger partial charge in [0.05, 0.1) is 11.9 Å². The molecule has 3 aliphatic heterocycles. The normalized spacial score (nSPS) is 18.3. The number of carbonyl (C=O) groups excluding carboxylic acids is 1. The van der Waals surface area contributed by atoms with Gasteiger partial charge in [-0.3, -0.25) is 14.4 Å².